The second-order valence-corrected chi connectivity index (χ2v) is 3.79. The van der Waals surface area contributed by atoms with Crippen LogP contribution in [0.25, 0.3) is 0 Å². The van der Waals surface area contributed by atoms with Crippen molar-refractivity contribution in [1.29, 1.82) is 0 Å². The van der Waals surface area contributed by atoms with Crippen LogP contribution in [-0.2, 0) is 0 Å². The third kappa shape index (κ3) is 8.56. The van der Waals surface area contributed by atoms with Gasteiger partial charge in [0.25, 0.3) is 0 Å². The summed E-state index contributed by atoms with van der Waals surface area (Å²) >= 11 is 4.08. The molecule has 0 rings (SSSR count). The van der Waals surface area contributed by atoms with Crippen molar-refractivity contribution >= 4 is 12.6 Å². The first-order valence-electron chi connectivity index (χ1n) is 4.87. The Kier molecular flexibility index (Phi) is 8.97. The summed E-state index contributed by atoms with van der Waals surface area (Å²) in [5.41, 5.74) is 5.24. The molecule has 3 nitrogen and oxygen atoms in total. The average molecular weight is 207 g/mol. The maximum absolute atomic E-state index is 9.44. The van der Waals surface area contributed by atoms with Gasteiger partial charge in [-0.2, -0.15) is 12.6 Å². The van der Waals surface area contributed by atoms with Crippen molar-refractivity contribution < 1.29 is 10.2 Å². The van der Waals surface area contributed by atoms with E-state index in [1.54, 1.807) is 0 Å². The third-order valence-electron chi connectivity index (χ3n) is 2.05. The zero-order valence-electron chi connectivity index (χ0n) is 8.02. The van der Waals surface area contributed by atoms with E-state index in [0.717, 1.165) is 25.0 Å². The van der Waals surface area contributed by atoms with E-state index in [1.807, 2.05) is 0 Å². The summed E-state index contributed by atoms with van der Waals surface area (Å²) in [5, 5.41) is 18.6. The molecule has 0 aliphatic heterocycles. The van der Waals surface area contributed by atoms with Gasteiger partial charge in [-0.05, 0) is 31.4 Å². The molecule has 4 N–H and O–H groups in total. The average Bonchev–Trinajstić information content (AvgIpc) is 2.14. The van der Waals surface area contributed by atoms with Crippen LogP contribution < -0.4 is 5.73 Å². The molecule has 0 aromatic heterocycles. The van der Waals surface area contributed by atoms with Crippen LogP contribution in [0.3, 0.4) is 0 Å². The number of hydrogen-bond acceptors (Lipinski definition) is 4. The molecular formula is C9H21NO2S. The molecule has 0 heterocycles. The molecule has 0 spiro atoms. The van der Waals surface area contributed by atoms with E-state index in [2.05, 4.69) is 12.6 Å². The van der Waals surface area contributed by atoms with Crippen LogP contribution in [0, 0.1) is 0 Å². The predicted molar refractivity (Wildman–Crippen MR) is 58.0 cm³/mol. The Bertz CT molecular complexity index is 114. The highest BCUT2D eigenvalue weighted by atomic mass is 32.1. The van der Waals surface area contributed by atoms with Gasteiger partial charge in [0.2, 0.25) is 0 Å². The number of aliphatic hydroxyl groups excluding tert-OH is 2. The summed E-state index contributed by atoms with van der Waals surface area (Å²) in [6, 6.07) is 0. The van der Waals surface area contributed by atoms with Gasteiger partial charge in [0.15, 0.2) is 0 Å². The lowest BCUT2D eigenvalue weighted by atomic mass is 10.1. The largest absolute Gasteiger partial charge is 0.393 e. The second-order valence-electron chi connectivity index (χ2n) is 3.34. The summed E-state index contributed by atoms with van der Waals surface area (Å²) < 4.78 is 0. The van der Waals surface area contributed by atoms with Gasteiger partial charge in [-0.25, -0.2) is 0 Å². The zero-order chi connectivity index (χ0) is 10.1. The van der Waals surface area contributed by atoms with Gasteiger partial charge < -0.3 is 15.9 Å². The van der Waals surface area contributed by atoms with Crippen LogP contribution in [0.4, 0.5) is 0 Å². The van der Waals surface area contributed by atoms with E-state index >= 15 is 0 Å². The highest BCUT2D eigenvalue weighted by molar-refractivity contribution is 7.80. The van der Waals surface area contributed by atoms with Crippen LogP contribution in [-0.4, -0.2) is 34.7 Å². The molecule has 0 amide bonds. The van der Waals surface area contributed by atoms with Crippen molar-refractivity contribution in [2.24, 2.45) is 5.73 Å². The predicted octanol–water partition coefficient (Wildman–Crippen LogP) is 0.547. The molecule has 0 fully saturated rings. The summed E-state index contributed by atoms with van der Waals surface area (Å²) in [5.74, 6) is 0.873. The van der Waals surface area contributed by atoms with Crippen molar-refractivity contribution in [3.8, 4) is 0 Å². The van der Waals surface area contributed by atoms with E-state index in [9.17, 15) is 5.11 Å². The maximum atomic E-state index is 9.44. The number of nitrogens with two attached hydrogens (primary N) is 1. The number of hydrogen-bond donors (Lipinski definition) is 4. The van der Waals surface area contributed by atoms with Gasteiger partial charge >= 0.3 is 0 Å². The summed E-state index contributed by atoms with van der Waals surface area (Å²) in [7, 11) is 0. The molecule has 2 unspecified atom stereocenters. The molecule has 13 heavy (non-hydrogen) atoms. The molecule has 0 aliphatic carbocycles. The number of aliphatic hydroxyl groups is 2. The quantitative estimate of drug-likeness (QED) is 0.347. The Labute approximate surface area is 85.7 Å². The van der Waals surface area contributed by atoms with Crippen molar-refractivity contribution in [2.75, 3.05) is 12.3 Å². The maximum Gasteiger partial charge on any atom is 0.0663 e. The van der Waals surface area contributed by atoms with E-state index in [1.165, 1.54) is 0 Å². The molecular weight excluding hydrogens is 186 g/mol. The highest BCUT2D eigenvalue weighted by Gasteiger charge is 2.07. The first-order valence-corrected chi connectivity index (χ1v) is 5.51. The highest BCUT2D eigenvalue weighted by Crippen LogP contribution is 2.08. The molecule has 80 valence electrons. The minimum absolute atomic E-state index is 0.281. The molecule has 0 aromatic rings. The fourth-order valence-electron chi connectivity index (χ4n) is 1.14. The lowest BCUT2D eigenvalue weighted by Crippen LogP contribution is -2.21. The molecule has 0 saturated heterocycles. The van der Waals surface area contributed by atoms with Crippen LogP contribution in [0.1, 0.15) is 32.1 Å². The normalized spacial score (nSPS) is 15.7. The van der Waals surface area contributed by atoms with Crippen LogP contribution in [0.15, 0.2) is 0 Å². The molecule has 0 bridgehead atoms. The Hall–Kier alpha value is 0.230. The summed E-state index contributed by atoms with van der Waals surface area (Å²) in [6.45, 7) is 0.281. The number of rotatable bonds is 8. The van der Waals surface area contributed by atoms with Crippen LogP contribution >= 0.6 is 12.6 Å². The third-order valence-corrected chi connectivity index (χ3v) is 2.37. The van der Waals surface area contributed by atoms with Crippen molar-refractivity contribution in [3.63, 3.8) is 0 Å². The first kappa shape index (κ1) is 13.2. The van der Waals surface area contributed by atoms with Gasteiger partial charge in [-0.15, -0.1) is 0 Å². The fraction of sp³-hybridized carbons (Fsp3) is 1.00. The molecule has 4 heteroatoms. The van der Waals surface area contributed by atoms with Crippen molar-refractivity contribution in [1.82, 2.24) is 0 Å². The summed E-state index contributed by atoms with van der Waals surface area (Å²) in [6.07, 6.45) is 3.34. The van der Waals surface area contributed by atoms with Gasteiger partial charge in [-0.1, -0.05) is 6.42 Å². The zero-order valence-corrected chi connectivity index (χ0v) is 8.92. The van der Waals surface area contributed by atoms with Crippen LogP contribution in [0.2, 0.25) is 0 Å². The number of unbranched alkanes of at least 4 members (excludes halogenated alkanes) is 1. The van der Waals surface area contributed by atoms with Gasteiger partial charge in [0, 0.05) is 6.54 Å². The van der Waals surface area contributed by atoms with E-state index < -0.39 is 6.10 Å². The monoisotopic (exact) mass is 207 g/mol. The van der Waals surface area contributed by atoms with E-state index in [0.29, 0.717) is 12.8 Å². The lowest BCUT2D eigenvalue weighted by molar-refractivity contribution is 0.111. The summed E-state index contributed by atoms with van der Waals surface area (Å²) in [4.78, 5) is 0. The Balaban J connectivity index is 3.24. The van der Waals surface area contributed by atoms with Crippen LogP contribution in [0.5, 0.6) is 0 Å². The minimum atomic E-state index is -0.459. The fourth-order valence-corrected chi connectivity index (χ4v) is 1.36. The molecule has 0 aliphatic rings. The van der Waals surface area contributed by atoms with Crippen molar-refractivity contribution in [3.05, 3.63) is 0 Å². The Morgan fingerprint density at radius 2 is 1.62 bits per heavy atom. The minimum Gasteiger partial charge on any atom is -0.393 e. The molecule has 0 saturated carbocycles. The molecule has 2 atom stereocenters. The van der Waals surface area contributed by atoms with E-state index in [-0.39, 0.29) is 12.6 Å². The molecule has 0 radical (unpaired) electrons. The SMILES string of the molecule is NCC(O)CCC(O)CCCCS. The van der Waals surface area contributed by atoms with Gasteiger partial charge in [0.05, 0.1) is 12.2 Å². The first-order chi connectivity index (χ1) is 6.20. The Morgan fingerprint density at radius 3 is 2.15 bits per heavy atom. The number of thiol groups is 1. The topological polar surface area (TPSA) is 66.5 Å². The van der Waals surface area contributed by atoms with Gasteiger partial charge in [0.1, 0.15) is 0 Å². The standard InChI is InChI=1S/C9H21NO2S/c10-7-9(12)5-4-8(11)3-1-2-6-13/h8-9,11-13H,1-7,10H2. The Morgan fingerprint density at radius 1 is 1.00 bits per heavy atom. The molecule has 0 aromatic carbocycles. The smallest absolute Gasteiger partial charge is 0.0663 e. The second kappa shape index (κ2) is 8.81. The van der Waals surface area contributed by atoms with Crippen molar-refractivity contribution in [2.45, 2.75) is 44.3 Å². The lowest BCUT2D eigenvalue weighted by Gasteiger charge is -2.12. The van der Waals surface area contributed by atoms with E-state index in [4.69, 9.17) is 10.8 Å². The van der Waals surface area contributed by atoms with Gasteiger partial charge in [-0.3, -0.25) is 0 Å².